The second-order valence-electron chi connectivity index (χ2n) is 7.43. The van der Waals surface area contributed by atoms with Gasteiger partial charge in [0, 0.05) is 31.2 Å². The van der Waals surface area contributed by atoms with Crippen molar-refractivity contribution in [1.29, 1.82) is 0 Å². The molecule has 0 spiro atoms. The molecule has 1 aliphatic heterocycles. The van der Waals surface area contributed by atoms with E-state index >= 15 is 0 Å². The van der Waals surface area contributed by atoms with E-state index in [0.29, 0.717) is 5.69 Å². The van der Waals surface area contributed by atoms with Crippen LogP contribution in [0.3, 0.4) is 0 Å². The molecule has 0 bridgehead atoms. The Morgan fingerprint density at radius 3 is 2.49 bits per heavy atom. The molecule has 2 aromatic heterocycles. The molecule has 14 heteroatoms. The van der Waals surface area contributed by atoms with Gasteiger partial charge in [-0.05, 0) is 44.5 Å². The second kappa shape index (κ2) is 9.62. The summed E-state index contributed by atoms with van der Waals surface area (Å²) in [4.78, 5) is 14.7. The molecule has 4 rings (SSSR count). The zero-order valence-electron chi connectivity index (χ0n) is 18.9. The highest BCUT2D eigenvalue weighted by Crippen LogP contribution is 2.30. The van der Waals surface area contributed by atoms with Crippen molar-refractivity contribution in [3.8, 4) is 11.5 Å². The zero-order valence-corrected chi connectivity index (χ0v) is 19.7. The number of alkyl halides is 3. The number of hydrogen-bond acceptors (Lipinski definition) is 9. The number of rotatable bonds is 7. The number of aliphatic hydroxyl groups is 1. The fraction of sp³-hybridized carbons (Fsp3) is 0.333. The number of aliphatic imine (C=N–C) groups is 1. The molecule has 1 aliphatic rings. The van der Waals surface area contributed by atoms with Crippen molar-refractivity contribution >= 4 is 33.6 Å². The number of aliphatic hydroxyl groups excluding tert-OH is 1. The van der Waals surface area contributed by atoms with Crippen LogP contribution in [0.1, 0.15) is 25.2 Å². The fourth-order valence-electron chi connectivity index (χ4n) is 3.54. The van der Waals surface area contributed by atoms with Crippen molar-refractivity contribution < 1.29 is 22.5 Å². The van der Waals surface area contributed by atoms with Crippen LogP contribution in [0.25, 0.3) is 11.5 Å². The van der Waals surface area contributed by atoms with E-state index in [9.17, 15) is 22.5 Å². The lowest BCUT2D eigenvalue weighted by Crippen LogP contribution is -2.37. The van der Waals surface area contributed by atoms with Gasteiger partial charge in [-0.2, -0.15) is 22.9 Å². The Morgan fingerprint density at radius 1 is 1.17 bits per heavy atom. The molecule has 10 nitrogen and oxygen atoms in total. The van der Waals surface area contributed by atoms with Crippen molar-refractivity contribution in [2.24, 2.45) is 10.1 Å². The second-order valence-corrected chi connectivity index (χ2v) is 8.94. The maximum absolute atomic E-state index is 13.1. The van der Waals surface area contributed by atoms with Crippen LogP contribution in [0.15, 0.2) is 46.9 Å². The third-order valence-electron chi connectivity index (χ3n) is 5.30. The monoisotopic (exact) mass is 506 g/mol. The molecule has 1 N–H and O–H groups in total. The summed E-state index contributed by atoms with van der Waals surface area (Å²) in [6, 6.07) is 5.45. The van der Waals surface area contributed by atoms with Gasteiger partial charge in [-0.15, -0.1) is 10.2 Å². The van der Waals surface area contributed by atoms with Gasteiger partial charge in [-0.1, -0.05) is 0 Å². The van der Waals surface area contributed by atoms with Crippen molar-refractivity contribution in [2.45, 2.75) is 31.7 Å². The number of hydrogen-bond donors (Lipinski definition) is 1. The molecular formula is C21H21F3N8O2S. The smallest absolute Gasteiger partial charge is 0.373 e. The number of anilines is 1. The minimum atomic E-state index is -5.16. The zero-order chi connectivity index (χ0) is 25.3. The van der Waals surface area contributed by atoms with Crippen LogP contribution in [-0.2, 0) is 10.8 Å². The van der Waals surface area contributed by atoms with E-state index in [2.05, 4.69) is 35.2 Å². The number of aromatic nitrogens is 5. The lowest BCUT2D eigenvalue weighted by atomic mass is 10.1. The first-order chi connectivity index (χ1) is 16.7. The van der Waals surface area contributed by atoms with Gasteiger partial charge in [-0.25, -0.2) is 14.2 Å². The number of halogens is 3. The molecule has 3 heterocycles. The lowest BCUT2D eigenvalue weighted by Gasteiger charge is -2.21. The topological polar surface area (TPSA) is 122 Å². The van der Waals surface area contributed by atoms with Crippen molar-refractivity contribution in [2.75, 3.05) is 18.0 Å². The summed E-state index contributed by atoms with van der Waals surface area (Å²) in [5.41, 5.74) is -5.99. The van der Waals surface area contributed by atoms with E-state index in [1.165, 1.54) is 18.6 Å². The molecule has 35 heavy (non-hydrogen) atoms. The average Bonchev–Trinajstić information content (AvgIpc) is 3.40. The van der Waals surface area contributed by atoms with Gasteiger partial charge in [-0.3, -0.25) is 4.98 Å². The summed E-state index contributed by atoms with van der Waals surface area (Å²) in [5.74, 6) is 0.0560. The van der Waals surface area contributed by atoms with Gasteiger partial charge in [0.05, 0.1) is 11.9 Å². The van der Waals surface area contributed by atoms with Gasteiger partial charge in [0.2, 0.25) is 11.6 Å². The Morgan fingerprint density at radius 2 is 1.89 bits per heavy atom. The van der Waals surface area contributed by atoms with E-state index in [4.69, 9.17) is 0 Å². The van der Waals surface area contributed by atoms with E-state index in [0.717, 1.165) is 29.0 Å². The number of fused-ring (bicyclic) bond motifs is 1. The summed E-state index contributed by atoms with van der Waals surface area (Å²) >= 11 is 0. The Hall–Kier alpha value is -3.52. The number of nitrogens with zero attached hydrogens (tertiary/aromatic N) is 8. The van der Waals surface area contributed by atoms with Crippen LogP contribution in [0, 0.1) is 6.92 Å². The first kappa shape index (κ1) is 24.6. The fourth-order valence-corrected chi connectivity index (χ4v) is 4.15. The Bertz CT molecular complexity index is 1320. The minimum absolute atomic E-state index is 0.0221. The Kier molecular flexibility index (Phi) is 6.76. The van der Waals surface area contributed by atoms with Crippen molar-refractivity contribution in [3.05, 3.63) is 48.2 Å². The predicted molar refractivity (Wildman–Crippen MR) is 125 cm³/mol. The first-order valence-electron chi connectivity index (χ1n) is 10.6. The van der Waals surface area contributed by atoms with Crippen LogP contribution in [0.4, 0.5) is 24.5 Å². The van der Waals surface area contributed by atoms with Crippen LogP contribution >= 0.6 is 0 Å². The highest BCUT2D eigenvalue weighted by Gasteiger charge is 2.46. The summed E-state index contributed by atoms with van der Waals surface area (Å²) in [7, 11) is -3.64. The summed E-state index contributed by atoms with van der Waals surface area (Å²) in [6.07, 6.45) is 4.22. The maximum Gasteiger partial charge on any atom is 0.474 e. The lowest BCUT2D eigenvalue weighted by molar-refractivity contribution is -0.0405. The molecule has 0 fully saturated rings. The first-order valence-corrected chi connectivity index (χ1v) is 11.8. The van der Waals surface area contributed by atoms with Crippen molar-refractivity contribution in [1.82, 2.24) is 24.8 Å². The highest BCUT2D eigenvalue weighted by atomic mass is 32.2. The van der Waals surface area contributed by atoms with E-state index in [1.54, 1.807) is 13.0 Å². The molecule has 0 saturated carbocycles. The van der Waals surface area contributed by atoms with E-state index in [-0.39, 0.29) is 23.1 Å². The molecule has 2 atom stereocenters. The summed E-state index contributed by atoms with van der Waals surface area (Å²) in [6.45, 7) is 7.45. The molecule has 0 saturated heterocycles. The molecule has 0 amide bonds. The van der Waals surface area contributed by atoms with Gasteiger partial charge >= 0.3 is 5.51 Å². The SMILES string of the molecule is CCN(CC)c1ccc(N=C2C(C(O)S(=O)C(F)(F)F)=Nn3c2nnc3-c2cnccn2)c(C)c1. The molecule has 0 aliphatic carbocycles. The van der Waals surface area contributed by atoms with Crippen molar-refractivity contribution in [3.63, 3.8) is 0 Å². The number of benzene rings is 1. The standard InChI is InChI=1S/C21H21F3N8O2S/c1-4-31(5-2)13-6-7-14(12(3)10-13)27-16-17(20(33)35(34)21(22,23)24)30-32-18(28-29-19(16)32)15-11-25-8-9-26-15/h6-11,20,33H,4-5H2,1-3H3. The van der Waals surface area contributed by atoms with Gasteiger partial charge in [0.1, 0.15) is 17.1 Å². The molecule has 0 radical (unpaired) electrons. The van der Waals surface area contributed by atoms with Crippen LogP contribution in [0.2, 0.25) is 0 Å². The number of aryl methyl sites for hydroxylation is 1. The Labute approximate surface area is 200 Å². The van der Waals surface area contributed by atoms with Crippen LogP contribution in [0.5, 0.6) is 0 Å². The normalized spacial score (nSPS) is 16.2. The van der Waals surface area contributed by atoms with Crippen LogP contribution < -0.4 is 4.90 Å². The van der Waals surface area contributed by atoms with Gasteiger partial charge in [0.25, 0.3) is 0 Å². The highest BCUT2D eigenvalue weighted by molar-refractivity contribution is 7.87. The third-order valence-corrected chi connectivity index (χ3v) is 6.39. The largest absolute Gasteiger partial charge is 0.474 e. The molecule has 1 aromatic carbocycles. The van der Waals surface area contributed by atoms with Gasteiger partial charge in [0.15, 0.2) is 16.2 Å². The predicted octanol–water partition coefficient (Wildman–Crippen LogP) is 2.82. The summed E-state index contributed by atoms with van der Waals surface area (Å²) < 4.78 is 52.5. The van der Waals surface area contributed by atoms with E-state index in [1.807, 2.05) is 26.0 Å². The third kappa shape index (κ3) is 4.71. The minimum Gasteiger partial charge on any atom is -0.373 e. The molecule has 184 valence electrons. The van der Waals surface area contributed by atoms with Crippen LogP contribution in [-0.4, -0.2) is 69.6 Å². The molecular weight excluding hydrogens is 485 g/mol. The molecule has 3 aromatic rings. The average molecular weight is 507 g/mol. The Balaban J connectivity index is 1.83. The van der Waals surface area contributed by atoms with E-state index < -0.39 is 27.5 Å². The maximum atomic E-state index is 13.1. The molecule has 2 unspecified atom stereocenters. The van der Waals surface area contributed by atoms with Gasteiger partial charge < -0.3 is 10.0 Å². The summed E-state index contributed by atoms with van der Waals surface area (Å²) in [5, 5.41) is 22.4. The quantitative estimate of drug-likeness (QED) is 0.523.